The number of nitrogens with zero attached hydrogens (tertiary/aromatic N) is 1. The van der Waals surface area contributed by atoms with Crippen LogP contribution in [0.2, 0.25) is 0 Å². The van der Waals surface area contributed by atoms with Crippen molar-refractivity contribution < 1.29 is 27.1 Å². The molecule has 0 radical (unpaired) electrons. The minimum absolute atomic E-state index is 0.00154. The van der Waals surface area contributed by atoms with Gasteiger partial charge in [-0.1, -0.05) is 19.1 Å². The number of rotatable bonds is 9. The Morgan fingerprint density at radius 1 is 1.07 bits per heavy atom. The number of likely N-dealkylation sites (N-methyl/N-ethyl adjacent to an activating group) is 1. The molecule has 0 bridgehead atoms. The number of ether oxygens (including phenoxy) is 2. The SMILES string of the molecule is CCN(CC(=O)NCc1ccc(F)cc1)S(=O)(=O)c1ccc(OC)c(OC)c1. The lowest BCUT2D eigenvalue weighted by Crippen LogP contribution is -2.40. The molecule has 28 heavy (non-hydrogen) atoms. The highest BCUT2D eigenvalue weighted by molar-refractivity contribution is 7.89. The standard InChI is InChI=1S/C19H23FN2O5S/c1-4-22(13-19(23)21-12-14-5-7-15(20)8-6-14)28(24,25)16-9-10-17(26-2)18(11-16)27-3/h5-11H,4,12-13H2,1-3H3,(H,21,23). The van der Waals surface area contributed by atoms with Crippen molar-refractivity contribution in [3.63, 3.8) is 0 Å². The fraction of sp³-hybridized carbons (Fsp3) is 0.316. The number of sulfonamides is 1. The highest BCUT2D eigenvalue weighted by Crippen LogP contribution is 2.30. The lowest BCUT2D eigenvalue weighted by molar-refractivity contribution is -0.121. The van der Waals surface area contributed by atoms with Gasteiger partial charge >= 0.3 is 0 Å². The summed E-state index contributed by atoms with van der Waals surface area (Å²) < 4.78 is 50.0. The molecule has 7 nitrogen and oxygen atoms in total. The molecule has 0 unspecified atom stereocenters. The molecule has 0 saturated carbocycles. The Morgan fingerprint density at radius 2 is 1.71 bits per heavy atom. The zero-order chi connectivity index (χ0) is 20.7. The van der Waals surface area contributed by atoms with Crippen LogP contribution in [0.4, 0.5) is 4.39 Å². The Morgan fingerprint density at radius 3 is 2.29 bits per heavy atom. The molecule has 0 saturated heterocycles. The van der Waals surface area contributed by atoms with Crippen molar-refractivity contribution >= 4 is 15.9 Å². The van der Waals surface area contributed by atoms with Crippen LogP contribution in [-0.2, 0) is 21.4 Å². The molecular formula is C19H23FN2O5S. The van der Waals surface area contributed by atoms with Gasteiger partial charge in [-0.2, -0.15) is 4.31 Å². The van der Waals surface area contributed by atoms with Gasteiger partial charge in [-0.25, -0.2) is 12.8 Å². The van der Waals surface area contributed by atoms with Crippen molar-refractivity contribution in [3.8, 4) is 11.5 Å². The van der Waals surface area contributed by atoms with Crippen molar-refractivity contribution in [2.24, 2.45) is 0 Å². The predicted molar refractivity (Wildman–Crippen MR) is 102 cm³/mol. The predicted octanol–water partition coefficient (Wildman–Crippen LogP) is 2.17. The van der Waals surface area contributed by atoms with Crippen LogP contribution in [0.15, 0.2) is 47.4 Å². The smallest absolute Gasteiger partial charge is 0.243 e. The van der Waals surface area contributed by atoms with Gasteiger partial charge in [0.2, 0.25) is 15.9 Å². The number of benzene rings is 2. The first kappa shape index (κ1) is 21.6. The molecule has 0 atom stereocenters. The Balaban J connectivity index is 2.10. The largest absolute Gasteiger partial charge is 0.493 e. The van der Waals surface area contributed by atoms with Gasteiger partial charge in [0.25, 0.3) is 0 Å². The second-order valence-electron chi connectivity index (χ2n) is 5.85. The van der Waals surface area contributed by atoms with Gasteiger partial charge < -0.3 is 14.8 Å². The van der Waals surface area contributed by atoms with E-state index in [0.29, 0.717) is 11.3 Å². The molecule has 0 aliphatic heterocycles. The van der Waals surface area contributed by atoms with Crippen LogP contribution < -0.4 is 14.8 Å². The number of amides is 1. The van der Waals surface area contributed by atoms with Crippen LogP contribution in [-0.4, -0.2) is 45.9 Å². The molecule has 2 rings (SSSR count). The average molecular weight is 410 g/mol. The maximum atomic E-state index is 12.9. The van der Waals surface area contributed by atoms with Crippen LogP contribution >= 0.6 is 0 Å². The molecule has 2 aromatic rings. The Hall–Kier alpha value is -2.65. The minimum Gasteiger partial charge on any atom is -0.493 e. The van der Waals surface area contributed by atoms with Gasteiger partial charge in [-0.15, -0.1) is 0 Å². The Kier molecular flexibility index (Phi) is 7.36. The zero-order valence-electron chi connectivity index (χ0n) is 15.9. The monoisotopic (exact) mass is 410 g/mol. The van der Waals surface area contributed by atoms with Gasteiger partial charge in [0.1, 0.15) is 5.82 Å². The molecule has 1 N–H and O–H groups in total. The third kappa shape index (κ3) is 5.20. The second kappa shape index (κ2) is 9.52. The van der Waals surface area contributed by atoms with E-state index < -0.39 is 15.9 Å². The van der Waals surface area contributed by atoms with E-state index in [0.717, 1.165) is 4.31 Å². The fourth-order valence-electron chi connectivity index (χ4n) is 2.51. The first-order chi connectivity index (χ1) is 13.3. The summed E-state index contributed by atoms with van der Waals surface area (Å²) in [7, 11) is -1.04. The van der Waals surface area contributed by atoms with Crippen molar-refractivity contribution in [1.82, 2.24) is 9.62 Å². The molecule has 0 aliphatic carbocycles. The van der Waals surface area contributed by atoms with Gasteiger partial charge in [-0.3, -0.25) is 4.79 Å². The topological polar surface area (TPSA) is 84.9 Å². The number of hydrogen-bond donors (Lipinski definition) is 1. The summed E-state index contributed by atoms with van der Waals surface area (Å²) in [5.41, 5.74) is 0.709. The number of hydrogen-bond acceptors (Lipinski definition) is 5. The summed E-state index contributed by atoms with van der Waals surface area (Å²) in [4.78, 5) is 12.2. The van der Waals surface area contributed by atoms with Gasteiger partial charge in [0, 0.05) is 19.2 Å². The van der Waals surface area contributed by atoms with E-state index in [-0.39, 0.29) is 36.1 Å². The first-order valence-electron chi connectivity index (χ1n) is 8.55. The normalized spacial score (nSPS) is 11.3. The summed E-state index contributed by atoms with van der Waals surface area (Å²) in [6.07, 6.45) is 0. The van der Waals surface area contributed by atoms with Crippen LogP contribution in [0.5, 0.6) is 11.5 Å². The summed E-state index contributed by atoms with van der Waals surface area (Å²) >= 11 is 0. The lowest BCUT2D eigenvalue weighted by atomic mass is 10.2. The molecule has 2 aromatic carbocycles. The number of halogens is 1. The first-order valence-corrected chi connectivity index (χ1v) is 9.99. The van der Waals surface area contributed by atoms with Gasteiger partial charge in [0.05, 0.1) is 25.7 Å². The van der Waals surface area contributed by atoms with Gasteiger partial charge in [0.15, 0.2) is 11.5 Å². The minimum atomic E-state index is -3.90. The lowest BCUT2D eigenvalue weighted by Gasteiger charge is -2.20. The molecular weight excluding hydrogens is 387 g/mol. The fourth-order valence-corrected chi connectivity index (χ4v) is 3.93. The maximum absolute atomic E-state index is 12.9. The summed E-state index contributed by atoms with van der Waals surface area (Å²) in [5.74, 6) is -0.148. The van der Waals surface area contributed by atoms with Crippen molar-refractivity contribution in [2.45, 2.75) is 18.4 Å². The molecule has 9 heteroatoms. The van der Waals surface area contributed by atoms with Gasteiger partial charge in [-0.05, 0) is 29.8 Å². The molecule has 0 aliphatic rings. The highest BCUT2D eigenvalue weighted by Gasteiger charge is 2.26. The zero-order valence-corrected chi connectivity index (χ0v) is 16.8. The van der Waals surface area contributed by atoms with Crippen molar-refractivity contribution in [3.05, 3.63) is 53.8 Å². The van der Waals surface area contributed by atoms with E-state index in [1.54, 1.807) is 19.1 Å². The van der Waals surface area contributed by atoms with Crippen LogP contribution in [0.25, 0.3) is 0 Å². The van der Waals surface area contributed by atoms with Crippen LogP contribution in [0, 0.1) is 5.82 Å². The number of methoxy groups -OCH3 is 2. The van der Waals surface area contributed by atoms with Crippen LogP contribution in [0.1, 0.15) is 12.5 Å². The van der Waals surface area contributed by atoms with E-state index in [2.05, 4.69) is 5.32 Å². The summed E-state index contributed by atoms with van der Waals surface area (Å²) in [5, 5.41) is 2.64. The summed E-state index contributed by atoms with van der Waals surface area (Å²) in [6, 6.07) is 9.93. The third-order valence-electron chi connectivity index (χ3n) is 4.07. The van der Waals surface area contributed by atoms with E-state index in [1.807, 2.05) is 0 Å². The molecule has 0 fully saturated rings. The molecule has 1 amide bonds. The molecule has 0 spiro atoms. The quantitative estimate of drug-likeness (QED) is 0.685. The number of carbonyl (C=O) groups excluding carboxylic acids is 1. The van der Waals surface area contributed by atoms with Crippen LogP contribution in [0.3, 0.4) is 0 Å². The van der Waals surface area contributed by atoms with E-state index in [9.17, 15) is 17.6 Å². The Labute approximate surface area is 164 Å². The van der Waals surface area contributed by atoms with Crippen molar-refractivity contribution in [2.75, 3.05) is 27.3 Å². The number of carbonyl (C=O) groups is 1. The maximum Gasteiger partial charge on any atom is 0.243 e. The van der Waals surface area contributed by atoms with E-state index in [4.69, 9.17) is 9.47 Å². The third-order valence-corrected chi connectivity index (χ3v) is 5.99. The molecule has 0 aromatic heterocycles. The average Bonchev–Trinajstić information content (AvgIpc) is 2.70. The molecule has 0 heterocycles. The van der Waals surface area contributed by atoms with Crippen molar-refractivity contribution in [1.29, 1.82) is 0 Å². The second-order valence-corrected chi connectivity index (χ2v) is 7.79. The highest BCUT2D eigenvalue weighted by atomic mass is 32.2. The number of nitrogens with one attached hydrogen (secondary N) is 1. The van der Waals surface area contributed by atoms with E-state index in [1.165, 1.54) is 44.6 Å². The summed E-state index contributed by atoms with van der Waals surface area (Å²) in [6.45, 7) is 1.59. The Bertz CT molecular complexity index is 916. The molecule has 152 valence electrons. The van der Waals surface area contributed by atoms with E-state index >= 15 is 0 Å².